The second-order valence-corrected chi connectivity index (χ2v) is 9.39. The molecule has 0 saturated carbocycles. The molecule has 134 valence electrons. The number of anilines is 1. The molecule has 1 atom stereocenters. The Hall–Kier alpha value is -2.45. The molecule has 1 aromatic carbocycles. The highest BCUT2D eigenvalue weighted by Gasteiger charge is 2.31. The lowest BCUT2D eigenvalue weighted by molar-refractivity contribution is 0.102. The fraction of sp³-hybridized carbons (Fsp3) is 0.222. The number of aromatic nitrogens is 2. The molecule has 1 aliphatic rings. The maximum atomic E-state index is 12.5. The zero-order valence-electron chi connectivity index (χ0n) is 13.8. The molecule has 6 nitrogen and oxygen atoms in total. The topological polar surface area (TPSA) is 81.1 Å². The summed E-state index contributed by atoms with van der Waals surface area (Å²) < 4.78 is 25.4. The summed E-state index contributed by atoms with van der Waals surface area (Å²) in [5.74, 6) is 0.493. The Balaban J connectivity index is 1.71. The van der Waals surface area contributed by atoms with E-state index in [1.54, 1.807) is 16.8 Å². The number of hydrogen-bond acceptors (Lipinski definition) is 5. The first-order valence-electron chi connectivity index (χ1n) is 8.22. The highest BCUT2D eigenvalue weighted by atomic mass is 32.2. The van der Waals surface area contributed by atoms with Crippen molar-refractivity contribution in [2.24, 2.45) is 0 Å². The van der Waals surface area contributed by atoms with Crippen LogP contribution in [-0.2, 0) is 9.84 Å². The van der Waals surface area contributed by atoms with Crippen LogP contribution in [-0.4, -0.2) is 35.6 Å². The predicted octanol–water partition coefficient (Wildman–Crippen LogP) is 3.22. The lowest BCUT2D eigenvalue weighted by Gasteiger charge is -2.13. The molecule has 1 aliphatic heterocycles. The molecule has 26 heavy (non-hydrogen) atoms. The predicted molar refractivity (Wildman–Crippen MR) is 102 cm³/mol. The number of rotatable bonds is 4. The van der Waals surface area contributed by atoms with Gasteiger partial charge in [0.25, 0.3) is 5.91 Å². The first kappa shape index (κ1) is 17.0. The van der Waals surface area contributed by atoms with Crippen molar-refractivity contribution >= 4 is 32.9 Å². The minimum Gasteiger partial charge on any atom is -0.306 e. The standard InChI is InChI=1S/C18H17N3O3S2/c22-18(16-7-4-9-25-16)19-17-11-15(13-5-2-1-3-6-13)20-21(17)14-8-10-26(23,24)12-14/h1-7,9,11,14H,8,10,12H2,(H,19,22). The third-order valence-corrected chi connectivity index (χ3v) is 6.97. The summed E-state index contributed by atoms with van der Waals surface area (Å²) >= 11 is 1.35. The average molecular weight is 387 g/mol. The molecule has 1 amide bonds. The van der Waals surface area contributed by atoms with Gasteiger partial charge in [-0.05, 0) is 17.9 Å². The molecular formula is C18H17N3O3S2. The van der Waals surface area contributed by atoms with E-state index in [-0.39, 0.29) is 23.5 Å². The van der Waals surface area contributed by atoms with Crippen molar-refractivity contribution in [3.8, 4) is 11.3 Å². The van der Waals surface area contributed by atoms with Crippen LogP contribution in [0.4, 0.5) is 5.82 Å². The minimum absolute atomic E-state index is 0.0464. The van der Waals surface area contributed by atoms with Crippen molar-refractivity contribution in [2.45, 2.75) is 12.5 Å². The molecule has 2 aromatic heterocycles. The molecule has 4 rings (SSSR count). The zero-order valence-corrected chi connectivity index (χ0v) is 15.5. The van der Waals surface area contributed by atoms with Crippen LogP contribution in [0.1, 0.15) is 22.1 Å². The van der Waals surface area contributed by atoms with Crippen molar-refractivity contribution in [1.29, 1.82) is 0 Å². The Bertz CT molecular complexity index is 1030. The molecule has 3 aromatic rings. The monoisotopic (exact) mass is 387 g/mol. The number of benzene rings is 1. The zero-order chi connectivity index (χ0) is 18.1. The van der Waals surface area contributed by atoms with Gasteiger partial charge in [0.1, 0.15) is 5.82 Å². The summed E-state index contributed by atoms with van der Waals surface area (Å²) in [6.07, 6.45) is 0.500. The fourth-order valence-corrected chi connectivity index (χ4v) is 5.38. The first-order valence-corrected chi connectivity index (χ1v) is 10.9. The van der Waals surface area contributed by atoms with Crippen LogP contribution in [0, 0.1) is 0 Å². The second kappa shape index (κ2) is 6.69. The van der Waals surface area contributed by atoms with Crippen molar-refractivity contribution in [3.05, 3.63) is 58.8 Å². The summed E-state index contributed by atoms with van der Waals surface area (Å²) in [5.41, 5.74) is 1.62. The summed E-state index contributed by atoms with van der Waals surface area (Å²) in [6.45, 7) is 0. The number of carbonyl (C=O) groups excluding carboxylic acids is 1. The Kier molecular flexibility index (Phi) is 4.37. The molecule has 3 heterocycles. The molecule has 8 heteroatoms. The van der Waals surface area contributed by atoms with Gasteiger partial charge in [0.15, 0.2) is 9.84 Å². The number of sulfone groups is 1. The molecule has 0 radical (unpaired) electrons. The number of carbonyl (C=O) groups is 1. The van der Waals surface area contributed by atoms with Gasteiger partial charge in [0.05, 0.1) is 28.1 Å². The van der Waals surface area contributed by atoms with Gasteiger partial charge in [-0.15, -0.1) is 11.3 Å². The number of amides is 1. The van der Waals surface area contributed by atoms with Crippen LogP contribution in [0.15, 0.2) is 53.9 Å². The van der Waals surface area contributed by atoms with Crippen LogP contribution in [0.3, 0.4) is 0 Å². The van der Waals surface area contributed by atoms with Gasteiger partial charge in [-0.2, -0.15) is 5.10 Å². The van der Waals surface area contributed by atoms with Crippen LogP contribution < -0.4 is 5.32 Å². The molecular weight excluding hydrogens is 370 g/mol. The summed E-state index contributed by atoms with van der Waals surface area (Å²) in [5, 5.41) is 9.33. The van der Waals surface area contributed by atoms with E-state index in [1.807, 2.05) is 41.8 Å². The fourth-order valence-electron chi connectivity index (χ4n) is 3.07. The van der Waals surface area contributed by atoms with E-state index in [0.717, 1.165) is 5.56 Å². The third kappa shape index (κ3) is 3.42. The van der Waals surface area contributed by atoms with E-state index < -0.39 is 9.84 Å². The number of nitrogens with one attached hydrogen (secondary N) is 1. The van der Waals surface area contributed by atoms with E-state index >= 15 is 0 Å². The quantitative estimate of drug-likeness (QED) is 0.745. The summed E-state index contributed by atoms with van der Waals surface area (Å²) in [7, 11) is -3.06. The van der Waals surface area contributed by atoms with Gasteiger partial charge >= 0.3 is 0 Å². The van der Waals surface area contributed by atoms with Gasteiger partial charge in [0.2, 0.25) is 0 Å². The maximum Gasteiger partial charge on any atom is 0.266 e. The van der Waals surface area contributed by atoms with Crippen molar-refractivity contribution in [2.75, 3.05) is 16.8 Å². The van der Waals surface area contributed by atoms with Gasteiger partial charge in [0, 0.05) is 11.6 Å². The Morgan fingerprint density at radius 2 is 2.00 bits per heavy atom. The normalized spacial score (nSPS) is 18.7. The van der Waals surface area contributed by atoms with Crippen molar-refractivity contribution < 1.29 is 13.2 Å². The van der Waals surface area contributed by atoms with Gasteiger partial charge in [-0.25, -0.2) is 13.1 Å². The van der Waals surface area contributed by atoms with Gasteiger partial charge < -0.3 is 5.32 Å². The van der Waals surface area contributed by atoms with Crippen LogP contribution in [0.2, 0.25) is 0 Å². The Labute approximate surface area is 155 Å². The van der Waals surface area contributed by atoms with E-state index in [0.29, 0.717) is 22.8 Å². The molecule has 1 N–H and O–H groups in total. The Morgan fingerprint density at radius 1 is 1.19 bits per heavy atom. The third-order valence-electron chi connectivity index (χ3n) is 4.35. The van der Waals surface area contributed by atoms with E-state index in [9.17, 15) is 13.2 Å². The molecule has 0 spiro atoms. The molecule has 1 saturated heterocycles. The smallest absolute Gasteiger partial charge is 0.266 e. The van der Waals surface area contributed by atoms with Crippen LogP contribution in [0.5, 0.6) is 0 Å². The lowest BCUT2D eigenvalue weighted by atomic mass is 10.1. The summed E-state index contributed by atoms with van der Waals surface area (Å²) in [4.78, 5) is 13.1. The number of thiophene rings is 1. The Morgan fingerprint density at radius 3 is 2.65 bits per heavy atom. The van der Waals surface area contributed by atoms with Gasteiger partial charge in [-0.3, -0.25) is 4.79 Å². The van der Waals surface area contributed by atoms with E-state index in [1.165, 1.54) is 11.3 Å². The van der Waals surface area contributed by atoms with Crippen molar-refractivity contribution in [1.82, 2.24) is 9.78 Å². The van der Waals surface area contributed by atoms with E-state index in [4.69, 9.17) is 0 Å². The number of hydrogen-bond donors (Lipinski definition) is 1. The molecule has 1 unspecified atom stereocenters. The van der Waals surface area contributed by atoms with E-state index in [2.05, 4.69) is 10.4 Å². The first-order chi connectivity index (χ1) is 12.5. The van der Waals surface area contributed by atoms with Crippen LogP contribution >= 0.6 is 11.3 Å². The summed E-state index contributed by atoms with van der Waals surface area (Å²) in [6, 6.07) is 14.7. The molecule has 1 fully saturated rings. The SMILES string of the molecule is O=C(Nc1cc(-c2ccccc2)nn1C1CCS(=O)(=O)C1)c1cccs1. The van der Waals surface area contributed by atoms with Crippen molar-refractivity contribution in [3.63, 3.8) is 0 Å². The minimum atomic E-state index is -3.06. The highest BCUT2D eigenvalue weighted by molar-refractivity contribution is 7.91. The lowest BCUT2D eigenvalue weighted by Crippen LogP contribution is -2.19. The maximum absolute atomic E-state index is 12.5. The van der Waals surface area contributed by atoms with Crippen LogP contribution in [0.25, 0.3) is 11.3 Å². The molecule has 0 bridgehead atoms. The van der Waals surface area contributed by atoms with Gasteiger partial charge in [-0.1, -0.05) is 36.4 Å². The number of nitrogens with zero attached hydrogens (tertiary/aromatic N) is 2. The highest BCUT2D eigenvalue weighted by Crippen LogP contribution is 2.30. The largest absolute Gasteiger partial charge is 0.306 e. The second-order valence-electron chi connectivity index (χ2n) is 6.21. The average Bonchev–Trinajstić information content (AvgIpc) is 3.35. The molecule has 0 aliphatic carbocycles.